The first-order chi connectivity index (χ1) is 9.85. The van der Waals surface area contributed by atoms with Gasteiger partial charge in [-0.05, 0) is 41.5 Å². The Balaban J connectivity index is 1.95. The Morgan fingerprint density at radius 1 is 1.10 bits per heavy atom. The van der Waals surface area contributed by atoms with Gasteiger partial charge in [-0.1, -0.05) is 6.07 Å². The molecule has 4 aromatic rings. The summed E-state index contributed by atoms with van der Waals surface area (Å²) in [6.45, 7) is 0.0291. The summed E-state index contributed by atoms with van der Waals surface area (Å²) in [5, 5.41) is 11.4. The van der Waals surface area contributed by atoms with Crippen molar-refractivity contribution in [2.75, 3.05) is 0 Å². The van der Waals surface area contributed by atoms with Crippen molar-refractivity contribution in [1.82, 2.24) is 15.0 Å². The van der Waals surface area contributed by atoms with E-state index in [0.717, 1.165) is 38.8 Å². The monoisotopic (exact) mass is 263 g/mol. The molecule has 20 heavy (non-hydrogen) atoms. The average Bonchev–Trinajstić information content (AvgIpc) is 3.11. The zero-order chi connectivity index (χ0) is 13.5. The lowest BCUT2D eigenvalue weighted by molar-refractivity contribution is 0.278. The SMILES string of the molecule is OCc1cc2cc(-c3ccnc4[nH]ccc34)ccc2[nH]1. The van der Waals surface area contributed by atoms with E-state index in [9.17, 15) is 5.11 Å². The third kappa shape index (κ3) is 1.62. The second-order valence-corrected chi connectivity index (χ2v) is 4.85. The molecule has 0 bridgehead atoms. The van der Waals surface area contributed by atoms with Crippen LogP contribution in [0.2, 0.25) is 0 Å². The average molecular weight is 263 g/mol. The highest BCUT2D eigenvalue weighted by Crippen LogP contribution is 2.29. The highest BCUT2D eigenvalue weighted by molar-refractivity contribution is 5.95. The van der Waals surface area contributed by atoms with E-state index < -0.39 is 0 Å². The number of rotatable bonds is 2. The molecule has 0 fully saturated rings. The zero-order valence-electron chi connectivity index (χ0n) is 10.7. The predicted octanol–water partition coefficient (Wildman–Crippen LogP) is 3.20. The summed E-state index contributed by atoms with van der Waals surface area (Å²) in [6, 6.07) is 12.3. The molecular weight excluding hydrogens is 250 g/mol. The molecule has 4 rings (SSSR count). The summed E-state index contributed by atoms with van der Waals surface area (Å²) < 4.78 is 0. The molecular formula is C16H13N3O. The van der Waals surface area contributed by atoms with Crippen molar-refractivity contribution in [3.8, 4) is 11.1 Å². The molecule has 4 heteroatoms. The van der Waals surface area contributed by atoms with Crippen molar-refractivity contribution >= 4 is 21.9 Å². The molecule has 0 radical (unpaired) electrons. The number of aliphatic hydroxyl groups excluding tert-OH is 1. The molecule has 0 saturated heterocycles. The fourth-order valence-electron chi connectivity index (χ4n) is 2.66. The molecule has 0 atom stereocenters. The minimum absolute atomic E-state index is 0.0291. The van der Waals surface area contributed by atoms with Gasteiger partial charge in [0.25, 0.3) is 0 Å². The van der Waals surface area contributed by atoms with Gasteiger partial charge in [-0.25, -0.2) is 4.98 Å². The number of pyridine rings is 1. The van der Waals surface area contributed by atoms with Gasteiger partial charge in [-0.2, -0.15) is 0 Å². The van der Waals surface area contributed by atoms with E-state index in [-0.39, 0.29) is 6.61 Å². The molecule has 1 aromatic carbocycles. The topological polar surface area (TPSA) is 64.7 Å². The van der Waals surface area contributed by atoms with Crippen LogP contribution in [0.15, 0.2) is 48.8 Å². The quantitative estimate of drug-likeness (QED) is 0.520. The van der Waals surface area contributed by atoms with Crippen LogP contribution < -0.4 is 0 Å². The number of nitrogens with one attached hydrogen (secondary N) is 2. The number of fused-ring (bicyclic) bond motifs is 2. The predicted molar refractivity (Wildman–Crippen MR) is 79.3 cm³/mol. The van der Waals surface area contributed by atoms with Gasteiger partial charge in [-0.15, -0.1) is 0 Å². The molecule has 98 valence electrons. The molecule has 3 N–H and O–H groups in total. The maximum atomic E-state index is 9.19. The maximum absolute atomic E-state index is 9.19. The van der Waals surface area contributed by atoms with Gasteiger partial charge >= 0.3 is 0 Å². The summed E-state index contributed by atoms with van der Waals surface area (Å²) in [4.78, 5) is 10.6. The zero-order valence-corrected chi connectivity index (χ0v) is 10.7. The Bertz CT molecular complexity index is 904. The van der Waals surface area contributed by atoms with Crippen LogP contribution in [0.5, 0.6) is 0 Å². The van der Waals surface area contributed by atoms with Crippen LogP contribution in [0.3, 0.4) is 0 Å². The van der Waals surface area contributed by atoms with Crippen LogP contribution in [0.4, 0.5) is 0 Å². The molecule has 0 aliphatic rings. The Hall–Kier alpha value is -2.59. The summed E-state index contributed by atoms with van der Waals surface area (Å²) in [6.07, 6.45) is 3.72. The number of aromatic nitrogens is 3. The number of benzene rings is 1. The van der Waals surface area contributed by atoms with Crippen LogP contribution in [0.25, 0.3) is 33.1 Å². The number of aliphatic hydroxyl groups is 1. The minimum Gasteiger partial charge on any atom is -0.390 e. The summed E-state index contributed by atoms with van der Waals surface area (Å²) in [5.41, 5.74) is 5.07. The number of hydrogen-bond donors (Lipinski definition) is 3. The summed E-state index contributed by atoms with van der Waals surface area (Å²) in [5.74, 6) is 0. The number of hydrogen-bond acceptors (Lipinski definition) is 2. The lowest BCUT2D eigenvalue weighted by Gasteiger charge is -2.03. The van der Waals surface area contributed by atoms with E-state index in [0.29, 0.717) is 0 Å². The summed E-state index contributed by atoms with van der Waals surface area (Å²) in [7, 11) is 0. The third-order valence-electron chi connectivity index (χ3n) is 3.62. The van der Waals surface area contributed by atoms with Crippen molar-refractivity contribution in [1.29, 1.82) is 0 Å². The second-order valence-electron chi connectivity index (χ2n) is 4.85. The Morgan fingerprint density at radius 3 is 2.95 bits per heavy atom. The molecule has 0 unspecified atom stereocenters. The van der Waals surface area contributed by atoms with Crippen LogP contribution in [-0.4, -0.2) is 20.1 Å². The highest BCUT2D eigenvalue weighted by atomic mass is 16.3. The molecule has 0 amide bonds. The van der Waals surface area contributed by atoms with Gasteiger partial charge in [0.2, 0.25) is 0 Å². The van der Waals surface area contributed by atoms with Gasteiger partial charge < -0.3 is 15.1 Å². The van der Waals surface area contributed by atoms with E-state index in [1.54, 1.807) is 0 Å². The van der Waals surface area contributed by atoms with E-state index >= 15 is 0 Å². The lowest BCUT2D eigenvalue weighted by atomic mass is 10.0. The van der Waals surface area contributed by atoms with Crippen molar-refractivity contribution in [2.24, 2.45) is 0 Å². The van der Waals surface area contributed by atoms with Gasteiger partial charge in [0.05, 0.1) is 6.61 Å². The van der Waals surface area contributed by atoms with E-state index in [1.165, 1.54) is 0 Å². The Kier molecular flexibility index (Phi) is 2.37. The van der Waals surface area contributed by atoms with Crippen LogP contribution >= 0.6 is 0 Å². The molecule has 4 nitrogen and oxygen atoms in total. The van der Waals surface area contributed by atoms with Crippen LogP contribution in [0, 0.1) is 0 Å². The minimum atomic E-state index is 0.0291. The van der Waals surface area contributed by atoms with Gasteiger partial charge in [0, 0.05) is 34.4 Å². The Labute approximate surface area is 115 Å². The first-order valence-electron chi connectivity index (χ1n) is 6.50. The molecule has 0 saturated carbocycles. The molecule has 0 aliphatic heterocycles. The highest BCUT2D eigenvalue weighted by Gasteiger charge is 2.07. The second kappa shape index (κ2) is 4.21. The smallest absolute Gasteiger partial charge is 0.137 e. The largest absolute Gasteiger partial charge is 0.390 e. The first-order valence-corrected chi connectivity index (χ1v) is 6.50. The third-order valence-corrected chi connectivity index (χ3v) is 3.62. The Morgan fingerprint density at radius 2 is 2.05 bits per heavy atom. The molecule has 3 aromatic heterocycles. The van der Waals surface area contributed by atoms with Crippen molar-refractivity contribution in [2.45, 2.75) is 6.61 Å². The van der Waals surface area contributed by atoms with E-state index in [1.807, 2.05) is 36.7 Å². The fraction of sp³-hybridized carbons (Fsp3) is 0.0625. The molecule has 3 heterocycles. The van der Waals surface area contributed by atoms with Crippen LogP contribution in [-0.2, 0) is 6.61 Å². The first kappa shape index (κ1) is 11.3. The molecule has 0 aliphatic carbocycles. The van der Waals surface area contributed by atoms with E-state index in [2.05, 4.69) is 27.1 Å². The number of nitrogens with zero attached hydrogens (tertiary/aromatic N) is 1. The van der Waals surface area contributed by atoms with Crippen molar-refractivity contribution in [3.63, 3.8) is 0 Å². The van der Waals surface area contributed by atoms with Crippen LogP contribution in [0.1, 0.15) is 5.69 Å². The van der Waals surface area contributed by atoms with Gasteiger partial charge in [0.15, 0.2) is 0 Å². The number of H-pyrrole nitrogens is 2. The lowest BCUT2D eigenvalue weighted by Crippen LogP contribution is -1.82. The van der Waals surface area contributed by atoms with Crippen molar-refractivity contribution < 1.29 is 5.11 Å². The normalized spacial score (nSPS) is 11.4. The molecule has 0 spiro atoms. The fourth-order valence-corrected chi connectivity index (χ4v) is 2.66. The number of aromatic amines is 2. The summed E-state index contributed by atoms with van der Waals surface area (Å²) >= 11 is 0. The van der Waals surface area contributed by atoms with Gasteiger partial charge in [-0.3, -0.25) is 0 Å². The van der Waals surface area contributed by atoms with Crippen molar-refractivity contribution in [3.05, 3.63) is 54.5 Å². The van der Waals surface area contributed by atoms with Gasteiger partial charge in [0.1, 0.15) is 5.65 Å². The van der Waals surface area contributed by atoms with E-state index in [4.69, 9.17) is 0 Å². The maximum Gasteiger partial charge on any atom is 0.137 e. The standard InChI is InChI=1S/C16H13N3O/c20-9-12-8-11-7-10(1-2-15(11)19-12)13-3-5-17-16-14(13)4-6-18-16/h1-8,19-20H,9H2,(H,17,18).